The zero-order chi connectivity index (χ0) is 18.1. The number of aliphatic hydroxyl groups is 3. The van der Waals surface area contributed by atoms with Gasteiger partial charge in [0.25, 0.3) is 0 Å². The molecule has 0 unspecified atom stereocenters. The monoisotopic (exact) mass is 340 g/mol. The molecule has 0 aromatic carbocycles. The number of ether oxygens (including phenoxy) is 1. The van der Waals surface area contributed by atoms with Crippen LogP contribution in [0.5, 0.6) is 0 Å². The van der Waals surface area contributed by atoms with E-state index in [1.165, 1.54) is 0 Å². The van der Waals surface area contributed by atoms with E-state index in [1.54, 1.807) is 6.92 Å². The van der Waals surface area contributed by atoms with Gasteiger partial charge < -0.3 is 20.1 Å². The van der Waals surface area contributed by atoms with E-state index in [4.69, 9.17) is 4.74 Å². The molecule has 3 fully saturated rings. The fourth-order valence-corrected chi connectivity index (χ4v) is 6.53. The fourth-order valence-electron chi connectivity index (χ4n) is 6.53. The van der Waals surface area contributed by atoms with Gasteiger partial charge in [0.15, 0.2) is 0 Å². The van der Waals surface area contributed by atoms with Crippen molar-refractivity contribution in [2.75, 3.05) is 0 Å². The lowest BCUT2D eigenvalue weighted by Gasteiger charge is -2.67. The highest BCUT2D eigenvalue weighted by molar-refractivity contribution is 5.14. The molecule has 4 heteroatoms. The standard InChI is InChI=1S/C20H36O4/c1-12(21)20(6)16(23)11-14-18(4)9-8-15(22)17(2,3)13(18)7-10-19(14,5)24-20/h12-16,21-23H,7-11H2,1-6H3/t12-,13-,14+,15-,16-,18-,19+,20+/m1/s1. The summed E-state index contributed by atoms with van der Waals surface area (Å²) in [7, 11) is 0. The Kier molecular flexibility index (Phi) is 4.21. The van der Waals surface area contributed by atoms with Crippen LogP contribution in [0.3, 0.4) is 0 Å². The average Bonchev–Trinajstić information content (AvgIpc) is 2.46. The van der Waals surface area contributed by atoms with Gasteiger partial charge in [0.05, 0.1) is 23.9 Å². The molecule has 8 atom stereocenters. The SMILES string of the molecule is C[C@@H](O)[C@]1(C)O[C@@]2(C)CC[C@@H]3C(C)(C)[C@H](O)CC[C@@]3(C)[C@@H]2C[C@H]1O. The van der Waals surface area contributed by atoms with E-state index in [0.717, 1.165) is 25.7 Å². The second-order valence-corrected chi connectivity index (χ2v) is 10.1. The molecule has 3 aliphatic rings. The molecule has 0 bridgehead atoms. The molecular formula is C20H36O4. The first kappa shape index (κ1) is 18.6. The summed E-state index contributed by atoms with van der Waals surface area (Å²) in [6, 6.07) is 0. The van der Waals surface area contributed by atoms with Crippen molar-refractivity contribution in [3.05, 3.63) is 0 Å². The molecule has 0 aromatic rings. The van der Waals surface area contributed by atoms with Crippen molar-refractivity contribution in [2.24, 2.45) is 22.7 Å². The summed E-state index contributed by atoms with van der Waals surface area (Å²) in [6.45, 7) is 12.5. The van der Waals surface area contributed by atoms with Crippen LogP contribution < -0.4 is 0 Å². The zero-order valence-electron chi connectivity index (χ0n) is 16.2. The van der Waals surface area contributed by atoms with E-state index < -0.39 is 17.8 Å². The van der Waals surface area contributed by atoms with Crippen molar-refractivity contribution < 1.29 is 20.1 Å². The molecule has 4 nitrogen and oxygen atoms in total. The van der Waals surface area contributed by atoms with Gasteiger partial charge in [-0.3, -0.25) is 0 Å². The molecule has 2 saturated carbocycles. The van der Waals surface area contributed by atoms with Crippen LogP contribution in [0.15, 0.2) is 0 Å². The Labute approximate surface area is 146 Å². The molecule has 1 heterocycles. The summed E-state index contributed by atoms with van der Waals surface area (Å²) in [6.07, 6.45) is 2.78. The predicted molar refractivity (Wildman–Crippen MR) is 93.5 cm³/mol. The van der Waals surface area contributed by atoms with Crippen molar-refractivity contribution in [1.82, 2.24) is 0 Å². The third-order valence-corrected chi connectivity index (χ3v) is 8.38. The summed E-state index contributed by atoms with van der Waals surface area (Å²) >= 11 is 0. The van der Waals surface area contributed by atoms with Crippen molar-refractivity contribution >= 4 is 0 Å². The Morgan fingerprint density at radius 2 is 1.54 bits per heavy atom. The lowest BCUT2D eigenvalue weighted by atomic mass is 9.43. The minimum atomic E-state index is -0.905. The molecule has 3 N–H and O–H groups in total. The van der Waals surface area contributed by atoms with E-state index in [1.807, 2.05) is 6.92 Å². The normalized spacial score (nSPS) is 55.4. The molecule has 3 rings (SSSR count). The van der Waals surface area contributed by atoms with E-state index in [9.17, 15) is 15.3 Å². The summed E-state index contributed by atoms with van der Waals surface area (Å²) < 4.78 is 6.49. The lowest BCUT2D eigenvalue weighted by Crippen LogP contribution is -2.69. The fraction of sp³-hybridized carbons (Fsp3) is 1.00. The molecule has 2 aliphatic carbocycles. The number of hydrogen-bond acceptors (Lipinski definition) is 4. The Bertz CT molecular complexity index is 504. The van der Waals surface area contributed by atoms with Crippen LogP contribution in [0.4, 0.5) is 0 Å². The molecule has 0 amide bonds. The molecule has 1 saturated heterocycles. The number of aliphatic hydroxyl groups excluding tert-OH is 3. The van der Waals surface area contributed by atoms with E-state index in [2.05, 4.69) is 27.7 Å². The van der Waals surface area contributed by atoms with Gasteiger partial charge in [-0.05, 0) is 75.5 Å². The molecule has 140 valence electrons. The van der Waals surface area contributed by atoms with Gasteiger partial charge in [-0.2, -0.15) is 0 Å². The third kappa shape index (κ3) is 2.33. The number of hydrogen-bond donors (Lipinski definition) is 3. The first-order valence-electron chi connectivity index (χ1n) is 9.62. The maximum atomic E-state index is 10.8. The quantitative estimate of drug-likeness (QED) is 0.686. The Hall–Kier alpha value is -0.160. The van der Waals surface area contributed by atoms with Crippen molar-refractivity contribution in [3.63, 3.8) is 0 Å². The van der Waals surface area contributed by atoms with Crippen LogP contribution in [0, 0.1) is 22.7 Å². The van der Waals surface area contributed by atoms with E-state index in [-0.39, 0.29) is 28.5 Å². The van der Waals surface area contributed by atoms with Crippen LogP contribution in [-0.4, -0.2) is 44.8 Å². The van der Waals surface area contributed by atoms with Crippen LogP contribution in [0.1, 0.15) is 73.6 Å². The average molecular weight is 341 g/mol. The van der Waals surface area contributed by atoms with Crippen molar-refractivity contribution in [3.8, 4) is 0 Å². The van der Waals surface area contributed by atoms with Crippen LogP contribution in [0.2, 0.25) is 0 Å². The molecule has 0 aromatic heterocycles. The van der Waals surface area contributed by atoms with Crippen molar-refractivity contribution in [2.45, 2.75) is 103 Å². The van der Waals surface area contributed by atoms with Gasteiger partial charge in [-0.25, -0.2) is 0 Å². The van der Waals surface area contributed by atoms with Gasteiger partial charge in [-0.1, -0.05) is 20.8 Å². The van der Waals surface area contributed by atoms with Crippen molar-refractivity contribution in [1.29, 1.82) is 0 Å². The maximum absolute atomic E-state index is 10.8. The smallest absolute Gasteiger partial charge is 0.117 e. The molecule has 24 heavy (non-hydrogen) atoms. The van der Waals surface area contributed by atoms with Crippen LogP contribution in [-0.2, 0) is 4.74 Å². The van der Waals surface area contributed by atoms with Crippen LogP contribution in [0.25, 0.3) is 0 Å². The highest BCUT2D eigenvalue weighted by Crippen LogP contribution is 2.65. The summed E-state index contributed by atoms with van der Waals surface area (Å²) in [5.41, 5.74) is -1.28. The Balaban J connectivity index is 1.98. The van der Waals surface area contributed by atoms with Gasteiger partial charge in [0, 0.05) is 0 Å². The summed E-state index contributed by atoms with van der Waals surface area (Å²) in [5.74, 6) is 0.677. The summed E-state index contributed by atoms with van der Waals surface area (Å²) in [4.78, 5) is 0. The first-order valence-corrected chi connectivity index (χ1v) is 9.62. The number of rotatable bonds is 1. The lowest BCUT2D eigenvalue weighted by molar-refractivity contribution is -0.318. The highest BCUT2D eigenvalue weighted by Gasteiger charge is 2.65. The number of fused-ring (bicyclic) bond motifs is 3. The Morgan fingerprint density at radius 3 is 2.12 bits per heavy atom. The summed E-state index contributed by atoms with van der Waals surface area (Å²) in [5, 5.41) is 31.6. The maximum Gasteiger partial charge on any atom is 0.117 e. The topological polar surface area (TPSA) is 69.9 Å². The van der Waals surface area contributed by atoms with E-state index >= 15 is 0 Å². The van der Waals surface area contributed by atoms with Crippen LogP contribution >= 0.6 is 0 Å². The Morgan fingerprint density at radius 1 is 0.917 bits per heavy atom. The molecule has 0 spiro atoms. The molecular weight excluding hydrogens is 304 g/mol. The van der Waals surface area contributed by atoms with Gasteiger partial charge in [0.1, 0.15) is 5.60 Å². The van der Waals surface area contributed by atoms with Gasteiger partial charge in [-0.15, -0.1) is 0 Å². The molecule has 0 radical (unpaired) electrons. The van der Waals surface area contributed by atoms with Gasteiger partial charge >= 0.3 is 0 Å². The predicted octanol–water partition coefficient (Wildman–Crippen LogP) is 2.88. The first-order chi connectivity index (χ1) is 10.9. The highest BCUT2D eigenvalue weighted by atomic mass is 16.6. The largest absolute Gasteiger partial charge is 0.393 e. The molecule has 1 aliphatic heterocycles. The third-order valence-electron chi connectivity index (χ3n) is 8.38. The zero-order valence-corrected chi connectivity index (χ0v) is 16.2. The minimum Gasteiger partial charge on any atom is -0.393 e. The minimum absolute atomic E-state index is 0.0523. The van der Waals surface area contributed by atoms with Gasteiger partial charge in [0.2, 0.25) is 0 Å². The second kappa shape index (κ2) is 5.42. The second-order valence-electron chi connectivity index (χ2n) is 10.1. The van der Waals surface area contributed by atoms with E-state index in [0.29, 0.717) is 12.3 Å².